The van der Waals surface area contributed by atoms with Crippen LogP contribution in [0.2, 0.25) is 10.2 Å². The zero-order valence-electron chi connectivity index (χ0n) is 14.3. The molecule has 0 fully saturated rings. The highest BCUT2D eigenvalue weighted by Crippen LogP contribution is 2.25. The lowest BCUT2D eigenvalue weighted by Crippen LogP contribution is -2.10. The highest BCUT2D eigenvalue weighted by atomic mass is 35.5. The van der Waals surface area contributed by atoms with E-state index in [9.17, 15) is 4.79 Å². The van der Waals surface area contributed by atoms with Crippen molar-refractivity contribution in [2.24, 2.45) is 5.10 Å². The van der Waals surface area contributed by atoms with Crippen LogP contribution in [0.15, 0.2) is 34.3 Å². The maximum atomic E-state index is 11.4. The summed E-state index contributed by atoms with van der Waals surface area (Å²) in [5.41, 5.74) is 6.95. The van der Waals surface area contributed by atoms with E-state index < -0.39 is 5.56 Å². The summed E-state index contributed by atoms with van der Waals surface area (Å²) in [5, 5.41) is 14.9. The molecule has 0 aliphatic heterocycles. The lowest BCUT2D eigenvalue weighted by molar-refractivity contribution is 0.855. The van der Waals surface area contributed by atoms with Gasteiger partial charge in [-0.15, -0.1) is 0 Å². The number of H-pyrrole nitrogens is 1. The second-order valence-corrected chi connectivity index (χ2v) is 6.52. The fraction of sp³-hybridized carbons (Fsp3) is 0.176. The summed E-state index contributed by atoms with van der Waals surface area (Å²) in [6, 6.07) is 6.08. The van der Waals surface area contributed by atoms with Crippen molar-refractivity contribution >= 4 is 35.1 Å². The van der Waals surface area contributed by atoms with Gasteiger partial charge in [0.15, 0.2) is 0 Å². The van der Waals surface area contributed by atoms with E-state index in [0.29, 0.717) is 16.4 Å². The smallest absolute Gasteiger partial charge is 0.275 e. The number of hydrazone groups is 1. The molecule has 3 aromatic rings. The van der Waals surface area contributed by atoms with E-state index >= 15 is 0 Å². The molecule has 2 N–H and O–H groups in total. The number of nitrogens with one attached hydrogen (secondary N) is 2. The van der Waals surface area contributed by atoms with Crippen LogP contribution in [0.4, 0.5) is 5.69 Å². The first-order chi connectivity index (χ1) is 12.4. The molecule has 0 radical (unpaired) electrons. The molecule has 0 unspecified atom stereocenters. The maximum absolute atomic E-state index is 11.4. The number of rotatable bonds is 4. The van der Waals surface area contributed by atoms with Crippen LogP contribution in [0.1, 0.15) is 22.4 Å². The number of benzene rings is 1. The first kappa shape index (κ1) is 18.2. The Morgan fingerprint density at radius 1 is 1.27 bits per heavy atom. The minimum absolute atomic E-state index is 0.0222. The summed E-state index contributed by atoms with van der Waals surface area (Å²) in [5.74, 6) is 0. The van der Waals surface area contributed by atoms with Crippen molar-refractivity contribution in [3.05, 3.63) is 67.3 Å². The molecule has 0 bridgehead atoms. The molecule has 3 rings (SSSR count). The van der Waals surface area contributed by atoms with Crippen molar-refractivity contribution in [2.45, 2.75) is 20.8 Å². The normalized spacial score (nSPS) is 11.3. The Morgan fingerprint density at radius 3 is 2.81 bits per heavy atom. The quantitative estimate of drug-likeness (QED) is 0.525. The Labute approximate surface area is 159 Å². The van der Waals surface area contributed by atoms with Crippen molar-refractivity contribution in [3.63, 3.8) is 0 Å². The molecule has 0 saturated heterocycles. The summed E-state index contributed by atoms with van der Waals surface area (Å²) in [6.45, 7) is 5.86. The average molecular weight is 391 g/mol. The van der Waals surface area contributed by atoms with Crippen molar-refractivity contribution in [1.29, 1.82) is 0 Å². The molecule has 2 heterocycles. The fourth-order valence-electron chi connectivity index (χ4n) is 2.39. The van der Waals surface area contributed by atoms with Gasteiger partial charge in [0.1, 0.15) is 15.9 Å². The third-order valence-corrected chi connectivity index (χ3v) is 4.55. The number of aromatic amines is 1. The Kier molecular flexibility index (Phi) is 5.11. The van der Waals surface area contributed by atoms with Crippen LogP contribution in [0.25, 0.3) is 5.69 Å². The standard InChI is InChI=1S/C17H16Cl2N6O/c1-9-4-5-10(2)14(6-9)25-16(19)12(11(3)24-25)7-20-22-13-8-21-23-17(26)15(13)18/h4-8H,1-3H3,(H2,22,23,26)/b20-7-. The van der Waals surface area contributed by atoms with Gasteiger partial charge in [0, 0.05) is 0 Å². The first-order valence-corrected chi connectivity index (χ1v) is 8.49. The Hall–Kier alpha value is -2.64. The first-order valence-electron chi connectivity index (χ1n) is 7.73. The van der Waals surface area contributed by atoms with Crippen LogP contribution in [-0.2, 0) is 0 Å². The largest absolute Gasteiger partial charge is 0.285 e. The minimum atomic E-state index is -0.496. The van der Waals surface area contributed by atoms with Gasteiger partial charge in [-0.3, -0.25) is 10.2 Å². The molecule has 134 valence electrons. The molecule has 0 spiro atoms. The molecule has 9 heteroatoms. The summed E-state index contributed by atoms with van der Waals surface area (Å²) in [6.07, 6.45) is 2.90. The third-order valence-electron chi connectivity index (χ3n) is 3.82. The molecular formula is C17H16Cl2N6O. The van der Waals surface area contributed by atoms with Crippen LogP contribution >= 0.6 is 23.2 Å². The van der Waals surface area contributed by atoms with E-state index in [0.717, 1.165) is 22.5 Å². The van der Waals surface area contributed by atoms with Crippen LogP contribution in [0.3, 0.4) is 0 Å². The van der Waals surface area contributed by atoms with E-state index in [4.69, 9.17) is 23.2 Å². The maximum Gasteiger partial charge on any atom is 0.285 e. The van der Waals surface area contributed by atoms with E-state index in [1.807, 2.05) is 39.0 Å². The SMILES string of the molecule is Cc1ccc(C)c(-n2nc(C)c(/C=N\Nc3cn[nH]c(=O)c3Cl)c2Cl)c1. The second kappa shape index (κ2) is 7.31. The number of aryl methyl sites for hydroxylation is 3. The highest BCUT2D eigenvalue weighted by Gasteiger charge is 2.15. The third kappa shape index (κ3) is 3.49. The van der Waals surface area contributed by atoms with Crippen molar-refractivity contribution in [1.82, 2.24) is 20.0 Å². The van der Waals surface area contributed by atoms with Gasteiger partial charge in [-0.2, -0.15) is 15.3 Å². The number of nitrogens with zero attached hydrogens (tertiary/aromatic N) is 4. The zero-order valence-corrected chi connectivity index (χ0v) is 15.9. The van der Waals surface area contributed by atoms with Gasteiger partial charge in [0.05, 0.1) is 29.4 Å². The Bertz CT molecular complexity index is 1050. The van der Waals surface area contributed by atoms with Crippen molar-refractivity contribution < 1.29 is 0 Å². The molecule has 0 aliphatic carbocycles. The van der Waals surface area contributed by atoms with E-state index in [2.05, 4.69) is 25.8 Å². The summed E-state index contributed by atoms with van der Waals surface area (Å²) >= 11 is 12.4. The van der Waals surface area contributed by atoms with E-state index in [1.54, 1.807) is 4.68 Å². The van der Waals surface area contributed by atoms with Gasteiger partial charge in [0.2, 0.25) is 0 Å². The zero-order chi connectivity index (χ0) is 18.8. The predicted octanol–water partition coefficient (Wildman–Crippen LogP) is 3.63. The number of halogens is 2. The molecular weight excluding hydrogens is 375 g/mol. The van der Waals surface area contributed by atoms with Gasteiger partial charge in [-0.1, -0.05) is 35.3 Å². The number of hydrogen-bond donors (Lipinski definition) is 2. The van der Waals surface area contributed by atoms with Crippen LogP contribution in [0.5, 0.6) is 0 Å². The molecule has 0 aliphatic rings. The molecule has 26 heavy (non-hydrogen) atoms. The lowest BCUT2D eigenvalue weighted by atomic mass is 10.1. The van der Waals surface area contributed by atoms with Crippen LogP contribution < -0.4 is 11.0 Å². The van der Waals surface area contributed by atoms with Gasteiger partial charge in [0.25, 0.3) is 5.56 Å². The second-order valence-electron chi connectivity index (χ2n) is 5.79. The van der Waals surface area contributed by atoms with Crippen LogP contribution in [0, 0.1) is 20.8 Å². The average Bonchev–Trinajstić information content (AvgIpc) is 2.88. The molecule has 0 saturated carbocycles. The van der Waals surface area contributed by atoms with Gasteiger partial charge in [-0.25, -0.2) is 9.78 Å². The molecule has 2 aromatic heterocycles. The van der Waals surface area contributed by atoms with Gasteiger partial charge < -0.3 is 0 Å². The Balaban J connectivity index is 1.92. The number of hydrogen-bond acceptors (Lipinski definition) is 5. The molecule has 1 aromatic carbocycles. The molecule has 7 nitrogen and oxygen atoms in total. The minimum Gasteiger partial charge on any atom is -0.275 e. The van der Waals surface area contributed by atoms with Crippen molar-refractivity contribution in [3.8, 4) is 5.69 Å². The van der Waals surface area contributed by atoms with Crippen LogP contribution in [-0.4, -0.2) is 26.2 Å². The lowest BCUT2D eigenvalue weighted by Gasteiger charge is -2.08. The Morgan fingerprint density at radius 2 is 2.04 bits per heavy atom. The van der Waals surface area contributed by atoms with Gasteiger partial charge in [-0.05, 0) is 38.0 Å². The fourth-order valence-corrected chi connectivity index (χ4v) is 2.84. The summed E-state index contributed by atoms with van der Waals surface area (Å²) < 4.78 is 1.68. The van der Waals surface area contributed by atoms with Crippen molar-refractivity contribution in [2.75, 3.05) is 5.43 Å². The predicted molar refractivity (Wildman–Crippen MR) is 104 cm³/mol. The monoisotopic (exact) mass is 390 g/mol. The number of aromatic nitrogens is 4. The molecule has 0 atom stereocenters. The summed E-state index contributed by atoms with van der Waals surface area (Å²) in [7, 11) is 0. The van der Waals surface area contributed by atoms with Gasteiger partial charge >= 0.3 is 0 Å². The highest BCUT2D eigenvalue weighted by molar-refractivity contribution is 6.33. The molecule has 0 amide bonds. The number of anilines is 1. The summed E-state index contributed by atoms with van der Waals surface area (Å²) in [4.78, 5) is 11.4. The van der Waals surface area contributed by atoms with E-state index in [1.165, 1.54) is 12.4 Å². The van der Waals surface area contributed by atoms with E-state index in [-0.39, 0.29) is 5.02 Å². The topological polar surface area (TPSA) is 88.0 Å².